The molecule has 0 bridgehead atoms. The number of benzene rings is 1. The number of pyridine rings is 2. The molecule has 12 heteroatoms. The Hall–Kier alpha value is -4.22. The monoisotopic (exact) mass is 462 g/mol. The molecule has 0 unspecified atom stereocenters. The van der Waals surface area contributed by atoms with Crippen LogP contribution in [0.5, 0.6) is 0 Å². The Morgan fingerprint density at radius 3 is 2.27 bits per heavy atom. The second-order valence-corrected chi connectivity index (χ2v) is 6.65. The van der Waals surface area contributed by atoms with E-state index in [9.17, 15) is 27.2 Å². The number of hydrogen-bond acceptors (Lipinski definition) is 6. The lowest BCUT2D eigenvalue weighted by atomic mass is 10.1. The van der Waals surface area contributed by atoms with Gasteiger partial charge in [0.25, 0.3) is 11.8 Å². The number of carbonyl (C=O) groups is 2. The van der Waals surface area contributed by atoms with Crippen molar-refractivity contribution in [1.29, 1.82) is 0 Å². The number of nitrogens with one attached hydrogen (secondary N) is 4. The zero-order valence-electron chi connectivity index (χ0n) is 17.1. The molecule has 0 aliphatic heterocycles. The first-order valence-corrected chi connectivity index (χ1v) is 9.48. The van der Waals surface area contributed by atoms with Crippen molar-refractivity contribution >= 4 is 34.8 Å². The van der Waals surface area contributed by atoms with Crippen molar-refractivity contribution in [3.05, 3.63) is 71.8 Å². The molecule has 2 aromatic heterocycles. The van der Waals surface area contributed by atoms with Crippen molar-refractivity contribution in [2.75, 3.05) is 24.2 Å². The molecular weight excluding hydrogens is 444 g/mol. The second kappa shape index (κ2) is 9.94. The summed E-state index contributed by atoms with van der Waals surface area (Å²) in [4.78, 5) is 32.6. The Morgan fingerprint density at radius 2 is 1.61 bits per heavy atom. The fourth-order valence-corrected chi connectivity index (χ4v) is 2.73. The molecule has 2 amide bonds. The maximum Gasteiger partial charge on any atom is 0.405 e. The summed E-state index contributed by atoms with van der Waals surface area (Å²) < 4.78 is 50.6. The summed E-state index contributed by atoms with van der Waals surface area (Å²) in [6, 6.07) is 9.92. The molecule has 0 saturated heterocycles. The number of rotatable bonds is 7. The molecule has 0 aliphatic carbocycles. The first-order valence-electron chi connectivity index (χ1n) is 9.48. The molecule has 3 rings (SSSR count). The highest BCUT2D eigenvalue weighted by Crippen LogP contribution is 2.27. The first-order chi connectivity index (χ1) is 15.7. The zero-order valence-corrected chi connectivity index (χ0v) is 17.1. The van der Waals surface area contributed by atoms with Crippen LogP contribution in [0.25, 0.3) is 0 Å². The summed E-state index contributed by atoms with van der Waals surface area (Å²) in [7, 11) is 1.42. The molecule has 8 nitrogen and oxygen atoms in total. The van der Waals surface area contributed by atoms with Gasteiger partial charge in [-0.3, -0.25) is 9.59 Å². The van der Waals surface area contributed by atoms with Crippen molar-refractivity contribution < 1.29 is 27.2 Å². The van der Waals surface area contributed by atoms with Crippen LogP contribution in [-0.2, 0) is 0 Å². The predicted molar refractivity (Wildman–Crippen MR) is 113 cm³/mol. The van der Waals surface area contributed by atoms with Crippen LogP contribution in [0, 0.1) is 5.82 Å². The van der Waals surface area contributed by atoms with Crippen LogP contribution < -0.4 is 21.3 Å². The Kier molecular flexibility index (Phi) is 7.06. The lowest BCUT2D eigenvalue weighted by molar-refractivity contribution is -0.123. The molecule has 0 atom stereocenters. The van der Waals surface area contributed by atoms with Crippen LogP contribution in [0.1, 0.15) is 20.7 Å². The number of alkyl halides is 3. The van der Waals surface area contributed by atoms with Gasteiger partial charge in [-0.15, -0.1) is 0 Å². The summed E-state index contributed by atoms with van der Waals surface area (Å²) in [6.07, 6.45) is -2.29. The normalized spacial score (nSPS) is 10.9. The summed E-state index contributed by atoms with van der Waals surface area (Å²) in [5, 5.41) is 10.0. The number of anilines is 4. The SMILES string of the molecule is CNC(=O)c1cnc(Nc2ccc(F)cn2)cc1Nc1ccccc1C(=O)NCC(F)(F)F. The lowest BCUT2D eigenvalue weighted by Crippen LogP contribution is -2.34. The summed E-state index contributed by atoms with van der Waals surface area (Å²) >= 11 is 0. The van der Waals surface area contributed by atoms with Crippen LogP contribution in [0.4, 0.5) is 40.6 Å². The number of aromatic nitrogens is 2. The van der Waals surface area contributed by atoms with Crippen LogP contribution in [-0.4, -0.2) is 41.6 Å². The molecule has 0 spiro atoms. The smallest absolute Gasteiger partial charge is 0.355 e. The van der Waals surface area contributed by atoms with Gasteiger partial charge in [0.2, 0.25) is 0 Å². The van der Waals surface area contributed by atoms with Gasteiger partial charge in [-0.2, -0.15) is 13.2 Å². The highest BCUT2D eigenvalue weighted by Gasteiger charge is 2.28. The largest absolute Gasteiger partial charge is 0.405 e. The highest BCUT2D eigenvalue weighted by atomic mass is 19.4. The molecule has 0 aliphatic rings. The standard InChI is InChI=1S/C21H18F4N6O2/c1-26-19(32)14-10-28-18(31-17-7-6-12(22)9-27-17)8-16(14)30-15-5-3-2-4-13(15)20(33)29-11-21(23,24)25/h2-10H,11H2,1H3,(H,26,32)(H,29,33)(H2,27,28,30,31). The number of para-hydroxylation sites is 1. The van der Waals surface area contributed by atoms with Gasteiger partial charge >= 0.3 is 6.18 Å². The average molecular weight is 462 g/mol. The fraction of sp³-hybridized carbons (Fsp3) is 0.143. The second-order valence-electron chi connectivity index (χ2n) is 6.65. The minimum absolute atomic E-state index is 0.0591. The van der Waals surface area contributed by atoms with E-state index in [0.717, 1.165) is 6.20 Å². The fourth-order valence-electron chi connectivity index (χ4n) is 2.73. The van der Waals surface area contributed by atoms with Gasteiger partial charge < -0.3 is 21.3 Å². The lowest BCUT2D eigenvalue weighted by Gasteiger charge is -2.16. The van der Waals surface area contributed by atoms with Gasteiger partial charge in [-0.05, 0) is 24.3 Å². The van der Waals surface area contributed by atoms with Crippen molar-refractivity contribution in [2.24, 2.45) is 0 Å². The minimum atomic E-state index is -4.57. The van der Waals surface area contributed by atoms with Gasteiger partial charge in [0.05, 0.1) is 28.7 Å². The van der Waals surface area contributed by atoms with Gasteiger partial charge in [0.15, 0.2) is 0 Å². The van der Waals surface area contributed by atoms with E-state index < -0.39 is 30.4 Å². The number of halogens is 4. The molecule has 3 aromatic rings. The van der Waals surface area contributed by atoms with E-state index in [1.165, 1.54) is 49.6 Å². The van der Waals surface area contributed by atoms with Crippen LogP contribution in [0.3, 0.4) is 0 Å². The predicted octanol–water partition coefficient (Wildman–Crippen LogP) is 3.75. The van der Waals surface area contributed by atoms with Crippen LogP contribution >= 0.6 is 0 Å². The Labute approximate surface area is 185 Å². The third-order valence-electron chi connectivity index (χ3n) is 4.25. The number of hydrogen-bond donors (Lipinski definition) is 4. The number of carbonyl (C=O) groups excluding carboxylic acids is 2. The molecule has 1 aromatic carbocycles. The number of amides is 2. The van der Waals surface area contributed by atoms with Gasteiger partial charge in [-0.25, -0.2) is 14.4 Å². The molecule has 4 N–H and O–H groups in total. The van der Waals surface area contributed by atoms with Crippen molar-refractivity contribution in [2.45, 2.75) is 6.18 Å². The maximum absolute atomic E-state index is 13.1. The van der Waals surface area contributed by atoms with Crippen molar-refractivity contribution in [3.8, 4) is 0 Å². The van der Waals surface area contributed by atoms with Gasteiger partial charge in [0, 0.05) is 19.3 Å². The third kappa shape index (κ3) is 6.38. The summed E-state index contributed by atoms with van der Waals surface area (Å²) in [5.41, 5.74) is 0.432. The van der Waals surface area contributed by atoms with E-state index in [-0.39, 0.29) is 34.1 Å². The molecular formula is C21H18F4N6O2. The third-order valence-corrected chi connectivity index (χ3v) is 4.25. The van der Waals surface area contributed by atoms with Crippen LogP contribution in [0.2, 0.25) is 0 Å². The molecule has 0 saturated carbocycles. The average Bonchev–Trinajstić information content (AvgIpc) is 2.78. The van der Waals surface area contributed by atoms with Crippen molar-refractivity contribution in [1.82, 2.24) is 20.6 Å². The molecule has 0 fully saturated rings. The highest BCUT2D eigenvalue weighted by molar-refractivity contribution is 6.03. The quantitative estimate of drug-likeness (QED) is 0.399. The molecule has 33 heavy (non-hydrogen) atoms. The van der Waals surface area contributed by atoms with Gasteiger partial charge in [0.1, 0.15) is 24.0 Å². The summed E-state index contributed by atoms with van der Waals surface area (Å²) in [5.74, 6) is -1.43. The zero-order chi connectivity index (χ0) is 24.0. The summed E-state index contributed by atoms with van der Waals surface area (Å²) in [6.45, 7) is -1.49. The number of nitrogens with zero attached hydrogens (tertiary/aromatic N) is 2. The topological polar surface area (TPSA) is 108 Å². The molecule has 2 heterocycles. The Balaban J connectivity index is 1.92. The molecule has 0 radical (unpaired) electrons. The van der Waals surface area contributed by atoms with Crippen molar-refractivity contribution in [3.63, 3.8) is 0 Å². The Morgan fingerprint density at radius 1 is 0.879 bits per heavy atom. The van der Waals surface area contributed by atoms with Gasteiger partial charge in [-0.1, -0.05) is 12.1 Å². The Bertz CT molecular complexity index is 1150. The molecule has 172 valence electrons. The van der Waals surface area contributed by atoms with E-state index >= 15 is 0 Å². The van der Waals surface area contributed by atoms with E-state index in [0.29, 0.717) is 0 Å². The van der Waals surface area contributed by atoms with E-state index in [1.54, 1.807) is 6.07 Å². The van der Waals surface area contributed by atoms with E-state index in [4.69, 9.17) is 0 Å². The maximum atomic E-state index is 13.1. The van der Waals surface area contributed by atoms with E-state index in [2.05, 4.69) is 25.9 Å². The minimum Gasteiger partial charge on any atom is -0.355 e. The van der Waals surface area contributed by atoms with Crippen LogP contribution in [0.15, 0.2) is 54.9 Å². The first kappa shape index (κ1) is 23.4. The van der Waals surface area contributed by atoms with E-state index in [1.807, 2.05) is 5.32 Å².